The predicted octanol–water partition coefficient (Wildman–Crippen LogP) is 1.77. The van der Waals surface area contributed by atoms with Crippen molar-refractivity contribution in [1.29, 1.82) is 0 Å². The summed E-state index contributed by atoms with van der Waals surface area (Å²) in [4.78, 5) is 31.8. The molecule has 1 fully saturated rings. The predicted molar refractivity (Wildman–Crippen MR) is 123 cm³/mol. The molecule has 1 aromatic heterocycles. The van der Waals surface area contributed by atoms with E-state index >= 15 is 0 Å². The smallest absolute Gasteiger partial charge is 0.254 e. The van der Waals surface area contributed by atoms with Crippen molar-refractivity contribution in [2.24, 2.45) is 0 Å². The number of benzene rings is 1. The number of nitrogens with one attached hydrogen (secondary N) is 2. The standard InChI is InChI=1S/C22H30N4O6S/c1-14(2)32-20-7-5-17(33(29,30)26-9-11-31-12-10-26)13-19(20)25-21(27)8-6-18-15(3)23-16(4)24-22(18)28/h5,7,13-14H,6,8-12H2,1-4H3,(H,25,27)(H,23,24,28). The zero-order valence-corrected chi connectivity index (χ0v) is 20.1. The number of sulfonamides is 1. The number of hydrogen-bond acceptors (Lipinski definition) is 7. The molecule has 1 saturated heterocycles. The van der Waals surface area contributed by atoms with Gasteiger partial charge in [-0.25, -0.2) is 13.4 Å². The molecule has 2 heterocycles. The Balaban J connectivity index is 1.81. The van der Waals surface area contributed by atoms with Crippen LogP contribution in [0.5, 0.6) is 5.75 Å². The third-order valence-electron chi connectivity index (χ3n) is 5.14. The Labute approximate surface area is 193 Å². The molecule has 33 heavy (non-hydrogen) atoms. The van der Waals surface area contributed by atoms with Crippen molar-refractivity contribution in [3.8, 4) is 5.75 Å². The third kappa shape index (κ3) is 6.18. The third-order valence-corrected chi connectivity index (χ3v) is 7.03. The number of anilines is 1. The summed E-state index contributed by atoms with van der Waals surface area (Å²) in [6.45, 7) is 8.31. The van der Waals surface area contributed by atoms with Gasteiger partial charge in [0.2, 0.25) is 15.9 Å². The van der Waals surface area contributed by atoms with Crippen molar-refractivity contribution in [3.05, 3.63) is 45.6 Å². The molecule has 0 radical (unpaired) electrons. The van der Waals surface area contributed by atoms with Crippen LogP contribution in [0.3, 0.4) is 0 Å². The molecule has 180 valence electrons. The molecule has 0 spiro atoms. The first-order valence-electron chi connectivity index (χ1n) is 10.8. The number of amides is 1. The van der Waals surface area contributed by atoms with Crippen LogP contribution in [0.25, 0.3) is 0 Å². The monoisotopic (exact) mass is 478 g/mol. The number of nitrogens with zero attached hydrogens (tertiary/aromatic N) is 2. The first-order valence-corrected chi connectivity index (χ1v) is 12.3. The van der Waals surface area contributed by atoms with Gasteiger partial charge in [0.15, 0.2) is 0 Å². The van der Waals surface area contributed by atoms with Gasteiger partial charge in [-0.3, -0.25) is 9.59 Å². The molecular weight excluding hydrogens is 448 g/mol. The lowest BCUT2D eigenvalue weighted by molar-refractivity contribution is -0.116. The molecule has 2 N–H and O–H groups in total. The zero-order chi connectivity index (χ0) is 24.2. The van der Waals surface area contributed by atoms with Crippen LogP contribution in [0.1, 0.15) is 37.4 Å². The minimum Gasteiger partial charge on any atom is -0.489 e. The van der Waals surface area contributed by atoms with Crippen LogP contribution in [0, 0.1) is 13.8 Å². The van der Waals surface area contributed by atoms with Crippen LogP contribution in [-0.4, -0.2) is 61.0 Å². The Kier molecular flexibility index (Phi) is 7.88. The number of aromatic nitrogens is 2. The molecule has 0 atom stereocenters. The van der Waals surface area contributed by atoms with Gasteiger partial charge in [-0.2, -0.15) is 4.31 Å². The highest BCUT2D eigenvalue weighted by molar-refractivity contribution is 7.89. The second kappa shape index (κ2) is 10.4. The fourth-order valence-electron chi connectivity index (χ4n) is 3.56. The van der Waals surface area contributed by atoms with E-state index < -0.39 is 10.0 Å². The molecule has 0 bridgehead atoms. The number of aryl methyl sites for hydroxylation is 2. The first kappa shape index (κ1) is 24.9. The summed E-state index contributed by atoms with van der Waals surface area (Å²) in [6, 6.07) is 4.42. The van der Waals surface area contributed by atoms with Gasteiger partial charge in [-0.15, -0.1) is 0 Å². The van der Waals surface area contributed by atoms with Gasteiger partial charge in [-0.1, -0.05) is 0 Å². The van der Waals surface area contributed by atoms with Crippen LogP contribution < -0.4 is 15.6 Å². The number of aromatic amines is 1. The van der Waals surface area contributed by atoms with Crippen LogP contribution >= 0.6 is 0 Å². The molecule has 3 rings (SSSR count). The molecule has 0 saturated carbocycles. The van der Waals surface area contributed by atoms with Gasteiger partial charge in [-0.05, 0) is 52.3 Å². The summed E-state index contributed by atoms with van der Waals surface area (Å²) in [5.41, 5.74) is 1.01. The van der Waals surface area contributed by atoms with E-state index in [4.69, 9.17) is 9.47 Å². The van der Waals surface area contributed by atoms with Gasteiger partial charge in [0, 0.05) is 30.8 Å². The van der Waals surface area contributed by atoms with E-state index in [0.29, 0.717) is 36.0 Å². The van der Waals surface area contributed by atoms with E-state index in [1.807, 2.05) is 13.8 Å². The van der Waals surface area contributed by atoms with Gasteiger partial charge in [0.1, 0.15) is 11.6 Å². The summed E-state index contributed by atoms with van der Waals surface area (Å²) in [5, 5.41) is 2.75. The van der Waals surface area contributed by atoms with E-state index in [2.05, 4.69) is 15.3 Å². The summed E-state index contributed by atoms with van der Waals surface area (Å²) in [6.07, 6.45) is 0.0463. The fraction of sp³-hybridized carbons (Fsp3) is 0.500. The topological polar surface area (TPSA) is 131 Å². The van der Waals surface area contributed by atoms with Crippen LogP contribution in [0.15, 0.2) is 27.9 Å². The summed E-state index contributed by atoms with van der Waals surface area (Å²) in [7, 11) is -3.74. The number of carbonyl (C=O) groups excluding carboxylic acids is 1. The lowest BCUT2D eigenvalue weighted by Gasteiger charge is -2.26. The minimum atomic E-state index is -3.74. The Morgan fingerprint density at radius 2 is 1.97 bits per heavy atom. The highest BCUT2D eigenvalue weighted by atomic mass is 32.2. The Hall–Kier alpha value is -2.76. The van der Waals surface area contributed by atoms with Crippen molar-refractivity contribution in [3.63, 3.8) is 0 Å². The number of carbonyl (C=O) groups is 1. The highest BCUT2D eigenvalue weighted by Gasteiger charge is 2.27. The van der Waals surface area contributed by atoms with Gasteiger partial charge < -0.3 is 19.8 Å². The van der Waals surface area contributed by atoms with Crippen molar-refractivity contribution in [1.82, 2.24) is 14.3 Å². The first-order chi connectivity index (χ1) is 15.6. The number of H-pyrrole nitrogens is 1. The molecule has 2 aromatic rings. The molecule has 10 nitrogen and oxygen atoms in total. The average Bonchev–Trinajstić information content (AvgIpc) is 2.74. The maximum absolute atomic E-state index is 13.0. The van der Waals surface area contributed by atoms with E-state index in [1.165, 1.54) is 16.4 Å². The molecule has 1 aliphatic heterocycles. The number of morpholine rings is 1. The van der Waals surface area contributed by atoms with Crippen LogP contribution in [-0.2, 0) is 26.0 Å². The van der Waals surface area contributed by atoms with Crippen molar-refractivity contribution in [2.45, 2.75) is 51.5 Å². The lowest BCUT2D eigenvalue weighted by atomic mass is 10.1. The molecule has 0 unspecified atom stereocenters. The SMILES string of the molecule is Cc1nc(C)c(CCC(=O)Nc2cc(S(=O)(=O)N3CCOCC3)ccc2OC(C)C)c(=O)[nH]1. The normalized spacial score (nSPS) is 14.9. The van der Waals surface area contributed by atoms with E-state index in [1.54, 1.807) is 19.9 Å². The van der Waals surface area contributed by atoms with Crippen LogP contribution in [0.4, 0.5) is 5.69 Å². The highest BCUT2D eigenvalue weighted by Crippen LogP contribution is 2.30. The van der Waals surface area contributed by atoms with Gasteiger partial charge >= 0.3 is 0 Å². The van der Waals surface area contributed by atoms with Crippen LogP contribution in [0.2, 0.25) is 0 Å². The van der Waals surface area contributed by atoms with Crippen molar-refractivity contribution >= 4 is 21.6 Å². The summed E-state index contributed by atoms with van der Waals surface area (Å²) in [5.74, 6) is 0.508. The second-order valence-corrected chi connectivity index (χ2v) is 10.0. The Bertz CT molecular complexity index is 1170. The quantitative estimate of drug-likeness (QED) is 0.591. The second-order valence-electron chi connectivity index (χ2n) is 8.10. The summed E-state index contributed by atoms with van der Waals surface area (Å²) >= 11 is 0. The number of ether oxygens (including phenoxy) is 2. The molecule has 11 heteroatoms. The molecule has 1 aromatic carbocycles. The van der Waals surface area contributed by atoms with Crippen molar-refractivity contribution in [2.75, 3.05) is 31.6 Å². The fourth-order valence-corrected chi connectivity index (χ4v) is 4.99. The van der Waals surface area contributed by atoms with Gasteiger partial charge in [0.25, 0.3) is 5.56 Å². The largest absolute Gasteiger partial charge is 0.489 e. The molecule has 0 aliphatic carbocycles. The minimum absolute atomic E-state index is 0.0240. The van der Waals surface area contributed by atoms with E-state index in [-0.39, 0.29) is 54.1 Å². The van der Waals surface area contributed by atoms with E-state index in [9.17, 15) is 18.0 Å². The maximum atomic E-state index is 13.0. The summed E-state index contributed by atoms with van der Waals surface area (Å²) < 4.78 is 38.5. The lowest BCUT2D eigenvalue weighted by Crippen LogP contribution is -2.40. The molecule has 1 aliphatic rings. The average molecular weight is 479 g/mol. The Morgan fingerprint density at radius 3 is 2.61 bits per heavy atom. The zero-order valence-electron chi connectivity index (χ0n) is 19.3. The molecule has 1 amide bonds. The maximum Gasteiger partial charge on any atom is 0.254 e. The Morgan fingerprint density at radius 1 is 1.27 bits per heavy atom. The molecular formula is C22H30N4O6S. The van der Waals surface area contributed by atoms with E-state index in [0.717, 1.165) is 0 Å². The number of hydrogen-bond donors (Lipinski definition) is 2. The van der Waals surface area contributed by atoms with Gasteiger partial charge in [0.05, 0.1) is 29.9 Å². The van der Waals surface area contributed by atoms with Crippen molar-refractivity contribution < 1.29 is 22.7 Å². The number of rotatable bonds is 8.